The predicted octanol–water partition coefficient (Wildman–Crippen LogP) is 2.87. The minimum Gasteiger partial charge on any atom is -0.294 e. The third kappa shape index (κ3) is 2.88. The fourth-order valence-electron chi connectivity index (χ4n) is 1.26. The minimum absolute atomic E-state index is 0.118. The number of nitrogens with zero attached hydrogens (tertiary/aromatic N) is 1. The molecular formula is C12H12FNO. The van der Waals surface area contributed by atoms with Gasteiger partial charge in [0, 0.05) is 12.0 Å². The van der Waals surface area contributed by atoms with Crippen LogP contribution < -0.4 is 0 Å². The molecule has 0 bridgehead atoms. The number of halogens is 1. The van der Waals surface area contributed by atoms with Crippen molar-refractivity contribution < 1.29 is 9.18 Å². The molecule has 0 N–H and O–H groups in total. The second-order valence-corrected chi connectivity index (χ2v) is 3.62. The predicted molar refractivity (Wildman–Crippen MR) is 54.9 cm³/mol. The molecular weight excluding hydrogens is 193 g/mol. The molecule has 0 radical (unpaired) electrons. The van der Waals surface area contributed by atoms with E-state index in [2.05, 4.69) is 0 Å². The van der Waals surface area contributed by atoms with Crippen molar-refractivity contribution in [2.75, 3.05) is 0 Å². The van der Waals surface area contributed by atoms with Gasteiger partial charge in [0.25, 0.3) is 0 Å². The minimum atomic E-state index is -0.320. The van der Waals surface area contributed by atoms with Gasteiger partial charge in [-0.25, -0.2) is 4.39 Å². The maximum atomic E-state index is 12.9. The average Bonchev–Trinajstić information content (AvgIpc) is 2.21. The lowest BCUT2D eigenvalue weighted by molar-refractivity contribution is 0.0972. The summed E-state index contributed by atoms with van der Waals surface area (Å²) in [6.07, 6.45) is 0.182. The topological polar surface area (TPSA) is 40.9 Å². The second-order valence-electron chi connectivity index (χ2n) is 3.62. The Balaban J connectivity index is 2.84. The molecule has 0 amide bonds. The molecule has 0 heterocycles. The molecule has 0 aromatic heterocycles. The summed E-state index contributed by atoms with van der Waals surface area (Å²) in [5.41, 5.74) is 0.918. The van der Waals surface area contributed by atoms with Crippen LogP contribution in [0.5, 0.6) is 0 Å². The highest BCUT2D eigenvalue weighted by Crippen LogP contribution is 2.13. The molecule has 1 aromatic carbocycles. The van der Waals surface area contributed by atoms with Crippen molar-refractivity contribution in [3.63, 3.8) is 0 Å². The van der Waals surface area contributed by atoms with Crippen LogP contribution in [0.4, 0.5) is 4.39 Å². The summed E-state index contributed by atoms with van der Waals surface area (Å²) < 4.78 is 12.9. The van der Waals surface area contributed by atoms with Crippen LogP contribution in [0.25, 0.3) is 0 Å². The number of benzene rings is 1. The molecule has 1 rings (SSSR count). The van der Waals surface area contributed by atoms with Crippen molar-refractivity contribution in [2.45, 2.75) is 20.3 Å². The van der Waals surface area contributed by atoms with E-state index in [9.17, 15) is 9.18 Å². The largest absolute Gasteiger partial charge is 0.294 e. The van der Waals surface area contributed by atoms with Crippen LogP contribution in [0.15, 0.2) is 18.2 Å². The number of hydrogen-bond acceptors (Lipinski definition) is 2. The van der Waals surface area contributed by atoms with Gasteiger partial charge >= 0.3 is 0 Å². The van der Waals surface area contributed by atoms with Crippen LogP contribution in [-0.4, -0.2) is 5.78 Å². The summed E-state index contributed by atoms with van der Waals surface area (Å²) in [5.74, 6) is -0.741. The number of carbonyl (C=O) groups excluding carboxylic acids is 1. The number of hydrogen-bond donors (Lipinski definition) is 0. The molecule has 1 atom stereocenters. The monoisotopic (exact) mass is 205 g/mol. The van der Waals surface area contributed by atoms with Crippen molar-refractivity contribution in [2.24, 2.45) is 5.92 Å². The van der Waals surface area contributed by atoms with Crippen LogP contribution in [-0.2, 0) is 0 Å². The molecule has 3 heteroatoms. The molecule has 0 saturated carbocycles. The third-order valence-corrected chi connectivity index (χ3v) is 2.19. The first kappa shape index (κ1) is 11.4. The standard InChI is InChI=1S/C12H12FNO/c1-8(7-14)5-12(15)10-3-4-11(13)9(2)6-10/h3-4,6,8H,5H2,1-2H3. The number of nitriles is 1. The Kier molecular flexibility index (Phi) is 3.56. The quantitative estimate of drug-likeness (QED) is 0.712. The van der Waals surface area contributed by atoms with Gasteiger partial charge in [0.05, 0.1) is 12.0 Å². The Bertz CT molecular complexity index is 420. The average molecular weight is 205 g/mol. The van der Waals surface area contributed by atoms with Crippen molar-refractivity contribution in [1.82, 2.24) is 0 Å². The molecule has 0 saturated heterocycles. The molecule has 2 nitrogen and oxygen atoms in total. The fourth-order valence-corrected chi connectivity index (χ4v) is 1.26. The lowest BCUT2D eigenvalue weighted by Gasteiger charge is -2.03. The van der Waals surface area contributed by atoms with E-state index in [1.54, 1.807) is 13.8 Å². The van der Waals surface area contributed by atoms with Crippen LogP contribution in [0.1, 0.15) is 29.3 Å². The van der Waals surface area contributed by atoms with Gasteiger partial charge in [-0.1, -0.05) is 0 Å². The summed E-state index contributed by atoms with van der Waals surface area (Å²) >= 11 is 0. The van der Waals surface area contributed by atoms with Gasteiger partial charge in [0.2, 0.25) is 0 Å². The van der Waals surface area contributed by atoms with Crippen molar-refractivity contribution in [3.05, 3.63) is 35.1 Å². The molecule has 78 valence electrons. The van der Waals surface area contributed by atoms with Gasteiger partial charge in [-0.15, -0.1) is 0 Å². The lowest BCUT2D eigenvalue weighted by atomic mass is 9.99. The van der Waals surface area contributed by atoms with E-state index >= 15 is 0 Å². The van der Waals surface area contributed by atoms with Crippen LogP contribution >= 0.6 is 0 Å². The highest BCUT2D eigenvalue weighted by molar-refractivity contribution is 5.96. The van der Waals surface area contributed by atoms with E-state index in [-0.39, 0.29) is 23.9 Å². The van der Waals surface area contributed by atoms with Gasteiger partial charge < -0.3 is 0 Å². The number of aryl methyl sites for hydroxylation is 1. The highest BCUT2D eigenvalue weighted by Gasteiger charge is 2.11. The highest BCUT2D eigenvalue weighted by atomic mass is 19.1. The zero-order valence-corrected chi connectivity index (χ0v) is 8.75. The van der Waals surface area contributed by atoms with Gasteiger partial charge in [-0.05, 0) is 37.6 Å². The summed E-state index contributed by atoms with van der Waals surface area (Å²) in [5, 5.41) is 8.57. The van der Waals surface area contributed by atoms with E-state index in [0.717, 1.165) is 0 Å². The maximum Gasteiger partial charge on any atom is 0.164 e. The Morgan fingerprint density at radius 3 is 2.80 bits per heavy atom. The summed E-state index contributed by atoms with van der Waals surface area (Å²) in [6, 6.07) is 6.24. The first-order valence-corrected chi connectivity index (χ1v) is 4.73. The molecule has 15 heavy (non-hydrogen) atoms. The molecule has 0 aliphatic heterocycles. The van der Waals surface area contributed by atoms with Gasteiger partial charge in [-0.3, -0.25) is 4.79 Å². The Morgan fingerprint density at radius 2 is 2.27 bits per heavy atom. The second kappa shape index (κ2) is 4.70. The van der Waals surface area contributed by atoms with E-state index < -0.39 is 0 Å². The summed E-state index contributed by atoms with van der Waals surface area (Å²) in [7, 11) is 0. The Morgan fingerprint density at radius 1 is 1.60 bits per heavy atom. The van der Waals surface area contributed by atoms with Gasteiger partial charge in [0.1, 0.15) is 5.82 Å². The zero-order chi connectivity index (χ0) is 11.4. The van der Waals surface area contributed by atoms with Gasteiger partial charge in [0.15, 0.2) is 5.78 Å². The smallest absolute Gasteiger partial charge is 0.164 e. The van der Waals surface area contributed by atoms with E-state index in [0.29, 0.717) is 11.1 Å². The molecule has 0 aliphatic rings. The molecule has 0 aliphatic carbocycles. The van der Waals surface area contributed by atoms with Crippen LogP contribution in [0.2, 0.25) is 0 Å². The van der Waals surface area contributed by atoms with Crippen molar-refractivity contribution in [1.29, 1.82) is 5.26 Å². The molecule has 1 unspecified atom stereocenters. The summed E-state index contributed by atoms with van der Waals surface area (Å²) in [6.45, 7) is 3.30. The SMILES string of the molecule is Cc1cc(C(=O)CC(C)C#N)ccc1F. The van der Waals surface area contributed by atoms with Crippen molar-refractivity contribution in [3.8, 4) is 6.07 Å². The molecule has 0 spiro atoms. The summed E-state index contributed by atoms with van der Waals surface area (Å²) in [4.78, 5) is 11.6. The molecule has 1 aromatic rings. The Labute approximate surface area is 88.3 Å². The van der Waals surface area contributed by atoms with Crippen LogP contribution in [0.3, 0.4) is 0 Å². The first-order chi connectivity index (χ1) is 7.04. The van der Waals surface area contributed by atoms with E-state index in [1.807, 2.05) is 6.07 Å². The Hall–Kier alpha value is -1.69. The van der Waals surface area contributed by atoms with E-state index in [1.165, 1.54) is 18.2 Å². The lowest BCUT2D eigenvalue weighted by Crippen LogP contribution is -2.05. The fraction of sp³-hybridized carbons (Fsp3) is 0.333. The third-order valence-electron chi connectivity index (χ3n) is 2.19. The number of Topliss-reactive ketones (excluding diaryl/α,β-unsaturated/α-hetero) is 1. The number of carbonyl (C=O) groups is 1. The number of ketones is 1. The normalized spacial score (nSPS) is 11.9. The number of rotatable bonds is 3. The van der Waals surface area contributed by atoms with Crippen LogP contribution in [0, 0.1) is 30.0 Å². The van der Waals surface area contributed by atoms with Crippen molar-refractivity contribution >= 4 is 5.78 Å². The maximum absolute atomic E-state index is 12.9. The first-order valence-electron chi connectivity index (χ1n) is 4.73. The van der Waals surface area contributed by atoms with E-state index in [4.69, 9.17) is 5.26 Å². The zero-order valence-electron chi connectivity index (χ0n) is 8.75. The van der Waals surface area contributed by atoms with Gasteiger partial charge in [-0.2, -0.15) is 5.26 Å². The molecule has 0 fully saturated rings.